The second-order valence-electron chi connectivity index (χ2n) is 8.60. The predicted octanol–water partition coefficient (Wildman–Crippen LogP) is 6.98. The molecule has 1 saturated heterocycles. The minimum atomic E-state index is -0.505. The Balaban J connectivity index is 1.37. The number of carbonyl (C=O) groups is 3. The van der Waals surface area contributed by atoms with Crippen molar-refractivity contribution in [3.63, 3.8) is 0 Å². The van der Waals surface area contributed by atoms with Gasteiger partial charge in [0.15, 0.2) is 0 Å². The summed E-state index contributed by atoms with van der Waals surface area (Å²) in [6, 6.07) is 20.6. The minimum Gasteiger partial charge on any atom is -0.342 e. The normalized spacial score (nSPS) is 14.7. The maximum absolute atomic E-state index is 13.1. The number of imide groups is 1. The molecule has 1 fully saturated rings. The fourth-order valence-corrected chi connectivity index (χ4v) is 5.33. The van der Waals surface area contributed by atoms with Crippen molar-refractivity contribution in [1.29, 1.82) is 0 Å². The number of fused-ring (bicyclic) bond motifs is 1. The highest BCUT2D eigenvalue weighted by molar-refractivity contribution is 8.18. The van der Waals surface area contributed by atoms with Gasteiger partial charge in [-0.05, 0) is 60.2 Å². The van der Waals surface area contributed by atoms with E-state index in [0.717, 1.165) is 44.3 Å². The van der Waals surface area contributed by atoms with Crippen LogP contribution in [0, 0.1) is 6.92 Å². The Hall–Kier alpha value is -3.52. The van der Waals surface area contributed by atoms with Gasteiger partial charge in [-0.1, -0.05) is 65.7 Å². The molecule has 186 valence electrons. The Morgan fingerprint density at radius 1 is 1.00 bits per heavy atom. The third kappa shape index (κ3) is 5.30. The summed E-state index contributed by atoms with van der Waals surface area (Å²) in [6.45, 7) is 2.02. The second-order valence-corrected chi connectivity index (χ2v) is 10.4. The van der Waals surface area contributed by atoms with Gasteiger partial charge in [0, 0.05) is 44.9 Å². The number of para-hydroxylation sites is 1. The molecular formula is C28H21Cl2N3O3S. The molecule has 1 aromatic heterocycles. The van der Waals surface area contributed by atoms with Crippen molar-refractivity contribution in [3.8, 4) is 0 Å². The molecule has 1 aliphatic rings. The predicted molar refractivity (Wildman–Crippen MR) is 150 cm³/mol. The number of hydrogen-bond donors (Lipinski definition) is 1. The number of rotatable bonds is 6. The van der Waals surface area contributed by atoms with Crippen LogP contribution in [0.1, 0.15) is 16.7 Å². The number of thioether (sulfide) groups is 1. The van der Waals surface area contributed by atoms with E-state index in [4.69, 9.17) is 23.2 Å². The van der Waals surface area contributed by atoms with E-state index in [-0.39, 0.29) is 11.4 Å². The van der Waals surface area contributed by atoms with E-state index in [9.17, 15) is 14.4 Å². The molecule has 0 bridgehead atoms. The molecular weight excluding hydrogens is 529 g/mol. The van der Waals surface area contributed by atoms with Crippen molar-refractivity contribution in [2.24, 2.45) is 0 Å². The van der Waals surface area contributed by atoms with Crippen LogP contribution in [0.4, 0.5) is 10.5 Å². The fraction of sp³-hybridized carbons (Fsp3) is 0.107. The Morgan fingerprint density at radius 3 is 2.54 bits per heavy atom. The van der Waals surface area contributed by atoms with Crippen LogP contribution in [0.25, 0.3) is 17.0 Å². The highest BCUT2D eigenvalue weighted by Crippen LogP contribution is 2.34. The molecule has 37 heavy (non-hydrogen) atoms. The largest absolute Gasteiger partial charge is 0.342 e. The van der Waals surface area contributed by atoms with E-state index in [0.29, 0.717) is 22.3 Å². The Morgan fingerprint density at radius 2 is 1.76 bits per heavy atom. The number of aromatic nitrogens is 1. The van der Waals surface area contributed by atoms with Gasteiger partial charge in [0.2, 0.25) is 5.91 Å². The molecule has 0 atom stereocenters. The molecule has 3 amide bonds. The Bertz CT molecular complexity index is 1590. The second kappa shape index (κ2) is 10.5. The van der Waals surface area contributed by atoms with Gasteiger partial charge >= 0.3 is 0 Å². The van der Waals surface area contributed by atoms with Crippen molar-refractivity contribution < 1.29 is 14.4 Å². The number of nitrogens with zero attached hydrogens (tertiary/aromatic N) is 2. The van der Waals surface area contributed by atoms with Crippen molar-refractivity contribution in [1.82, 2.24) is 9.47 Å². The molecule has 9 heteroatoms. The molecule has 0 unspecified atom stereocenters. The Kier molecular flexibility index (Phi) is 7.11. The molecule has 0 radical (unpaired) electrons. The number of benzene rings is 3. The van der Waals surface area contributed by atoms with Gasteiger partial charge in [0.25, 0.3) is 11.1 Å². The van der Waals surface area contributed by atoms with E-state index in [1.807, 2.05) is 61.7 Å². The maximum atomic E-state index is 13.1. The zero-order valence-corrected chi connectivity index (χ0v) is 22.0. The summed E-state index contributed by atoms with van der Waals surface area (Å²) in [5, 5.41) is 4.32. The van der Waals surface area contributed by atoms with Crippen LogP contribution in [0.2, 0.25) is 10.0 Å². The zero-order valence-electron chi connectivity index (χ0n) is 19.7. The lowest BCUT2D eigenvalue weighted by atomic mass is 10.1. The van der Waals surface area contributed by atoms with Crippen molar-refractivity contribution in [2.75, 3.05) is 11.9 Å². The quantitative estimate of drug-likeness (QED) is 0.263. The first-order valence-electron chi connectivity index (χ1n) is 11.4. The molecule has 3 aromatic carbocycles. The Labute approximate surface area is 227 Å². The summed E-state index contributed by atoms with van der Waals surface area (Å²) in [7, 11) is 0. The summed E-state index contributed by atoms with van der Waals surface area (Å²) < 4.78 is 2.06. The smallest absolute Gasteiger partial charge is 0.294 e. The van der Waals surface area contributed by atoms with Crippen LogP contribution in [-0.4, -0.2) is 33.1 Å². The van der Waals surface area contributed by atoms with Crippen molar-refractivity contribution in [3.05, 3.63) is 105 Å². The lowest BCUT2D eigenvalue weighted by Crippen LogP contribution is -2.36. The lowest BCUT2D eigenvalue weighted by molar-refractivity contribution is -0.127. The average molecular weight is 550 g/mol. The topological polar surface area (TPSA) is 71.4 Å². The van der Waals surface area contributed by atoms with Gasteiger partial charge in [-0.25, -0.2) is 0 Å². The SMILES string of the molecule is Cc1ccc(NC(=O)CN2C(=O)S/C(=C/c3cn(Cc4ccccc4Cl)c4ccccc34)C2=O)cc1Cl. The van der Waals surface area contributed by atoms with Crippen LogP contribution < -0.4 is 5.32 Å². The van der Waals surface area contributed by atoms with E-state index < -0.39 is 17.1 Å². The highest BCUT2D eigenvalue weighted by Gasteiger charge is 2.36. The summed E-state index contributed by atoms with van der Waals surface area (Å²) in [5.41, 5.74) is 4.12. The number of nitrogens with one attached hydrogen (secondary N) is 1. The fourth-order valence-electron chi connectivity index (χ4n) is 4.12. The van der Waals surface area contributed by atoms with E-state index in [1.54, 1.807) is 24.3 Å². The van der Waals surface area contributed by atoms with Crippen LogP contribution in [0.5, 0.6) is 0 Å². The minimum absolute atomic E-state index is 0.261. The number of amides is 3. The maximum Gasteiger partial charge on any atom is 0.294 e. The molecule has 1 aliphatic heterocycles. The van der Waals surface area contributed by atoms with Gasteiger partial charge in [0.1, 0.15) is 6.54 Å². The van der Waals surface area contributed by atoms with E-state index >= 15 is 0 Å². The first kappa shape index (κ1) is 25.1. The number of hydrogen-bond acceptors (Lipinski definition) is 4. The third-order valence-electron chi connectivity index (χ3n) is 6.04. The standard InChI is InChI=1S/C28H21Cl2N3O3S/c1-17-10-11-20(13-23(17)30)31-26(34)16-33-27(35)25(37-28(33)36)12-19-15-32(24-9-5-3-7-21(19)24)14-18-6-2-4-8-22(18)29/h2-13,15H,14,16H2,1H3,(H,31,34)/b25-12+. The summed E-state index contributed by atoms with van der Waals surface area (Å²) >= 11 is 13.3. The molecule has 0 saturated carbocycles. The monoisotopic (exact) mass is 549 g/mol. The van der Waals surface area contributed by atoms with Gasteiger partial charge in [-0.15, -0.1) is 0 Å². The summed E-state index contributed by atoms with van der Waals surface area (Å²) in [5.74, 6) is -0.991. The molecule has 0 spiro atoms. The van der Waals surface area contributed by atoms with Crippen LogP contribution in [0.3, 0.4) is 0 Å². The van der Waals surface area contributed by atoms with Gasteiger partial charge in [-0.2, -0.15) is 0 Å². The van der Waals surface area contributed by atoms with E-state index in [1.165, 1.54) is 0 Å². The van der Waals surface area contributed by atoms with Gasteiger partial charge in [-0.3, -0.25) is 19.3 Å². The van der Waals surface area contributed by atoms with Crippen LogP contribution in [0.15, 0.2) is 77.8 Å². The molecule has 2 heterocycles. The lowest BCUT2D eigenvalue weighted by Gasteiger charge is -2.12. The van der Waals surface area contributed by atoms with Gasteiger partial charge in [0.05, 0.1) is 4.91 Å². The van der Waals surface area contributed by atoms with Crippen LogP contribution >= 0.6 is 35.0 Å². The van der Waals surface area contributed by atoms with E-state index in [2.05, 4.69) is 9.88 Å². The van der Waals surface area contributed by atoms with Crippen LogP contribution in [-0.2, 0) is 16.1 Å². The molecule has 5 rings (SSSR count). The van der Waals surface area contributed by atoms with Crippen molar-refractivity contribution in [2.45, 2.75) is 13.5 Å². The third-order valence-corrected chi connectivity index (χ3v) is 7.72. The number of halogens is 2. The van der Waals surface area contributed by atoms with Gasteiger partial charge < -0.3 is 9.88 Å². The molecule has 1 N–H and O–H groups in total. The highest BCUT2D eigenvalue weighted by atomic mass is 35.5. The summed E-state index contributed by atoms with van der Waals surface area (Å²) in [4.78, 5) is 39.5. The molecule has 6 nitrogen and oxygen atoms in total. The number of anilines is 1. The first-order valence-corrected chi connectivity index (χ1v) is 13.0. The van der Waals surface area contributed by atoms with Crippen molar-refractivity contribution >= 4 is 74.7 Å². The number of carbonyl (C=O) groups excluding carboxylic acids is 3. The molecule has 0 aliphatic carbocycles. The zero-order chi connectivity index (χ0) is 26.1. The summed E-state index contributed by atoms with van der Waals surface area (Å²) in [6.07, 6.45) is 3.64. The average Bonchev–Trinajstić information content (AvgIpc) is 3.35. The number of aryl methyl sites for hydroxylation is 1. The first-order chi connectivity index (χ1) is 17.8. The molecule has 4 aromatic rings.